The van der Waals surface area contributed by atoms with Crippen molar-refractivity contribution < 1.29 is 17.6 Å². The smallest absolute Gasteiger partial charge is 0.244 e. The molecule has 29 heavy (non-hydrogen) atoms. The first kappa shape index (κ1) is 21.3. The highest BCUT2D eigenvalue weighted by Gasteiger charge is 2.32. The molecule has 1 aliphatic carbocycles. The zero-order valence-corrected chi connectivity index (χ0v) is 17.8. The fourth-order valence-electron chi connectivity index (χ4n) is 3.90. The van der Waals surface area contributed by atoms with Crippen molar-refractivity contribution in [3.63, 3.8) is 0 Å². The molecule has 0 heterocycles. The monoisotopic (exact) mass is 418 g/mol. The molecule has 156 valence electrons. The number of anilines is 1. The van der Waals surface area contributed by atoms with E-state index in [0.29, 0.717) is 0 Å². The van der Waals surface area contributed by atoms with Gasteiger partial charge >= 0.3 is 0 Å². The van der Waals surface area contributed by atoms with Gasteiger partial charge in [-0.1, -0.05) is 25.1 Å². The molecule has 3 rings (SSSR count). The summed E-state index contributed by atoms with van der Waals surface area (Å²) in [7, 11) is -3.75. The third-order valence-electron chi connectivity index (χ3n) is 5.39. The molecule has 1 aliphatic rings. The number of hydrogen-bond donors (Lipinski definition) is 1. The van der Waals surface area contributed by atoms with Gasteiger partial charge in [-0.05, 0) is 73.6 Å². The summed E-state index contributed by atoms with van der Waals surface area (Å²) in [5, 5.41) is 2.95. The largest absolute Gasteiger partial charge is 0.348 e. The van der Waals surface area contributed by atoms with Gasteiger partial charge in [-0.15, -0.1) is 0 Å². The number of nitrogens with one attached hydrogen (secondary N) is 1. The van der Waals surface area contributed by atoms with E-state index in [0.717, 1.165) is 35.4 Å². The van der Waals surface area contributed by atoms with Crippen LogP contribution in [0.15, 0.2) is 42.5 Å². The van der Waals surface area contributed by atoms with Crippen LogP contribution in [0.3, 0.4) is 0 Å². The number of carbonyl (C=O) groups excluding carboxylic acids is 1. The molecule has 2 atom stereocenters. The van der Waals surface area contributed by atoms with Crippen LogP contribution in [0, 0.1) is 5.82 Å². The highest BCUT2D eigenvalue weighted by molar-refractivity contribution is 7.92. The minimum absolute atomic E-state index is 0.253. The van der Waals surface area contributed by atoms with Crippen LogP contribution in [-0.4, -0.2) is 26.6 Å². The van der Waals surface area contributed by atoms with Gasteiger partial charge in [-0.3, -0.25) is 9.10 Å². The number of carbonyl (C=O) groups is 1. The van der Waals surface area contributed by atoms with Gasteiger partial charge in [0.1, 0.15) is 11.9 Å². The van der Waals surface area contributed by atoms with Crippen molar-refractivity contribution >= 4 is 21.6 Å². The predicted octanol–water partition coefficient (Wildman–Crippen LogP) is 3.74. The highest BCUT2D eigenvalue weighted by Crippen LogP contribution is 2.26. The Balaban J connectivity index is 1.83. The average Bonchev–Trinajstić information content (AvgIpc) is 3.13. The first-order valence-corrected chi connectivity index (χ1v) is 11.7. The van der Waals surface area contributed by atoms with E-state index in [1.165, 1.54) is 35.4 Å². The Morgan fingerprint density at radius 3 is 2.41 bits per heavy atom. The van der Waals surface area contributed by atoms with Crippen LogP contribution in [0.25, 0.3) is 0 Å². The number of benzene rings is 2. The van der Waals surface area contributed by atoms with Gasteiger partial charge in [-0.2, -0.15) is 0 Å². The number of amides is 1. The second kappa shape index (κ2) is 8.53. The van der Waals surface area contributed by atoms with Gasteiger partial charge in [0.25, 0.3) is 0 Å². The molecule has 0 saturated heterocycles. The number of aryl methyl sites for hydroxylation is 2. The fourth-order valence-corrected chi connectivity index (χ4v) is 5.11. The van der Waals surface area contributed by atoms with E-state index >= 15 is 0 Å². The van der Waals surface area contributed by atoms with E-state index in [1.807, 2.05) is 13.0 Å². The lowest BCUT2D eigenvalue weighted by atomic mass is 10.0. The third-order valence-corrected chi connectivity index (χ3v) is 6.57. The summed E-state index contributed by atoms with van der Waals surface area (Å²) < 4.78 is 39.3. The van der Waals surface area contributed by atoms with Crippen LogP contribution < -0.4 is 9.62 Å². The van der Waals surface area contributed by atoms with Crippen molar-refractivity contribution in [1.82, 2.24) is 5.32 Å². The standard InChI is InChI=1S/C22H27FN2O3S/c1-4-21(25(29(3,27)28)20-12-10-19(23)11-13-20)22(26)24-15(2)17-9-8-16-6-5-7-18(16)14-17/h8-15,21H,4-7H2,1-3H3,(H,24,26)/t15-,21+/m0/s1. The molecule has 0 fully saturated rings. The molecule has 2 aromatic rings. The van der Waals surface area contributed by atoms with Crippen LogP contribution in [-0.2, 0) is 27.7 Å². The second-order valence-corrected chi connectivity index (χ2v) is 9.43. The Morgan fingerprint density at radius 2 is 1.79 bits per heavy atom. The maximum Gasteiger partial charge on any atom is 0.244 e. The Bertz CT molecular complexity index is 990. The number of sulfonamides is 1. The first-order chi connectivity index (χ1) is 13.7. The maximum atomic E-state index is 13.3. The van der Waals surface area contributed by atoms with Crippen molar-refractivity contribution in [3.8, 4) is 0 Å². The summed E-state index contributed by atoms with van der Waals surface area (Å²) in [5.74, 6) is -0.847. The summed E-state index contributed by atoms with van der Waals surface area (Å²) in [6.07, 6.45) is 4.63. The molecular formula is C22H27FN2O3S. The zero-order valence-electron chi connectivity index (χ0n) is 17.0. The Kier molecular flexibility index (Phi) is 6.27. The van der Waals surface area contributed by atoms with Crippen LogP contribution in [0.4, 0.5) is 10.1 Å². The molecule has 0 radical (unpaired) electrons. The zero-order chi connectivity index (χ0) is 21.2. The normalized spacial score (nSPS) is 15.4. The van der Waals surface area contributed by atoms with Gasteiger partial charge < -0.3 is 5.32 Å². The summed E-state index contributed by atoms with van der Waals surface area (Å²) in [5.41, 5.74) is 3.95. The Morgan fingerprint density at radius 1 is 1.14 bits per heavy atom. The highest BCUT2D eigenvalue weighted by atomic mass is 32.2. The minimum Gasteiger partial charge on any atom is -0.348 e. The maximum absolute atomic E-state index is 13.3. The molecule has 0 unspecified atom stereocenters. The predicted molar refractivity (Wildman–Crippen MR) is 113 cm³/mol. The second-order valence-electron chi connectivity index (χ2n) is 7.57. The lowest BCUT2D eigenvalue weighted by Gasteiger charge is -2.31. The van der Waals surface area contributed by atoms with Gasteiger partial charge in [0.2, 0.25) is 15.9 Å². The first-order valence-electron chi connectivity index (χ1n) is 9.87. The Labute approximate surface area is 172 Å². The molecule has 7 heteroatoms. The summed E-state index contributed by atoms with van der Waals surface area (Å²) >= 11 is 0. The number of hydrogen-bond acceptors (Lipinski definition) is 3. The lowest BCUT2D eigenvalue weighted by molar-refractivity contribution is -0.122. The number of rotatable bonds is 7. The van der Waals surface area contributed by atoms with Crippen LogP contribution in [0.1, 0.15) is 49.4 Å². The van der Waals surface area contributed by atoms with Gasteiger partial charge in [0.05, 0.1) is 18.0 Å². The fraction of sp³-hybridized carbons (Fsp3) is 0.409. The molecule has 0 saturated carbocycles. The van der Waals surface area contributed by atoms with Crippen molar-refractivity contribution in [3.05, 3.63) is 65.0 Å². The number of nitrogens with zero attached hydrogens (tertiary/aromatic N) is 1. The molecule has 2 aromatic carbocycles. The van der Waals surface area contributed by atoms with Crippen molar-refractivity contribution in [2.45, 2.75) is 51.6 Å². The van der Waals surface area contributed by atoms with Gasteiger partial charge in [0.15, 0.2) is 0 Å². The number of halogens is 1. The molecular weight excluding hydrogens is 391 g/mol. The molecule has 0 aliphatic heterocycles. The molecule has 5 nitrogen and oxygen atoms in total. The quantitative estimate of drug-likeness (QED) is 0.745. The van der Waals surface area contributed by atoms with E-state index in [1.54, 1.807) is 6.92 Å². The third kappa shape index (κ3) is 4.78. The molecule has 1 amide bonds. The number of fused-ring (bicyclic) bond motifs is 1. The van der Waals surface area contributed by atoms with Crippen LogP contribution in [0.5, 0.6) is 0 Å². The van der Waals surface area contributed by atoms with E-state index in [2.05, 4.69) is 17.4 Å². The van der Waals surface area contributed by atoms with E-state index in [9.17, 15) is 17.6 Å². The van der Waals surface area contributed by atoms with Gasteiger partial charge in [0, 0.05) is 0 Å². The van der Waals surface area contributed by atoms with Gasteiger partial charge in [-0.25, -0.2) is 12.8 Å². The lowest BCUT2D eigenvalue weighted by Crippen LogP contribution is -2.49. The van der Waals surface area contributed by atoms with Crippen LogP contribution >= 0.6 is 0 Å². The molecule has 0 bridgehead atoms. The topological polar surface area (TPSA) is 66.5 Å². The van der Waals surface area contributed by atoms with Crippen molar-refractivity contribution in [1.29, 1.82) is 0 Å². The Hall–Kier alpha value is -2.41. The molecule has 1 N–H and O–H groups in total. The molecule has 0 spiro atoms. The SMILES string of the molecule is CC[C@H](C(=O)N[C@@H](C)c1ccc2c(c1)CCC2)N(c1ccc(F)cc1)S(C)(=O)=O. The minimum atomic E-state index is -3.75. The van der Waals surface area contributed by atoms with Crippen molar-refractivity contribution in [2.24, 2.45) is 0 Å². The van der Waals surface area contributed by atoms with Crippen LogP contribution in [0.2, 0.25) is 0 Å². The summed E-state index contributed by atoms with van der Waals surface area (Å²) in [6.45, 7) is 3.65. The summed E-state index contributed by atoms with van der Waals surface area (Å²) in [4.78, 5) is 13.0. The van der Waals surface area contributed by atoms with E-state index < -0.39 is 21.9 Å². The molecule has 0 aromatic heterocycles. The van der Waals surface area contributed by atoms with Crippen molar-refractivity contribution in [2.75, 3.05) is 10.6 Å². The summed E-state index contributed by atoms with van der Waals surface area (Å²) in [6, 6.07) is 10.2. The van der Waals surface area contributed by atoms with E-state index in [-0.39, 0.29) is 24.1 Å². The average molecular weight is 419 g/mol. The van der Waals surface area contributed by atoms with E-state index in [4.69, 9.17) is 0 Å².